The number of aryl methyl sites for hydroxylation is 1. The van der Waals surface area contributed by atoms with Crippen LogP contribution in [0.2, 0.25) is 0 Å². The number of H-pyrrole nitrogens is 1. The van der Waals surface area contributed by atoms with Crippen LogP contribution in [-0.2, 0) is 0 Å². The lowest BCUT2D eigenvalue weighted by Gasteiger charge is -2.07. The van der Waals surface area contributed by atoms with Crippen LogP contribution >= 0.6 is 12.2 Å². The Morgan fingerprint density at radius 1 is 1.21 bits per heavy atom. The zero-order valence-corrected chi connectivity index (χ0v) is 11.1. The van der Waals surface area contributed by atoms with Crippen molar-refractivity contribution in [2.45, 2.75) is 6.92 Å². The Labute approximate surface area is 114 Å². The van der Waals surface area contributed by atoms with Crippen LogP contribution in [-0.4, -0.2) is 14.5 Å². The first-order valence-electron chi connectivity index (χ1n) is 5.84. The molecule has 4 nitrogen and oxygen atoms in total. The molecule has 1 N–H and O–H groups in total. The minimum Gasteiger partial charge on any atom is -0.331 e. The van der Waals surface area contributed by atoms with Crippen LogP contribution in [0.1, 0.15) is 5.69 Å². The van der Waals surface area contributed by atoms with E-state index in [0.717, 1.165) is 11.2 Å². The smallest absolute Gasteiger partial charge is 0.266 e. The molecule has 0 unspecified atom stereocenters. The van der Waals surface area contributed by atoms with Gasteiger partial charge in [0.2, 0.25) is 0 Å². The van der Waals surface area contributed by atoms with Crippen molar-refractivity contribution < 1.29 is 0 Å². The number of nitrogens with one attached hydrogen (secondary N) is 1. The maximum atomic E-state index is 12.5. The monoisotopic (exact) mass is 269 g/mol. The highest BCUT2D eigenvalue weighted by molar-refractivity contribution is 7.71. The van der Waals surface area contributed by atoms with E-state index in [1.165, 1.54) is 4.57 Å². The molecule has 3 rings (SSSR count). The second-order valence-corrected chi connectivity index (χ2v) is 4.66. The van der Waals surface area contributed by atoms with Crippen molar-refractivity contribution >= 4 is 23.1 Å². The van der Waals surface area contributed by atoms with Gasteiger partial charge in [-0.15, -0.1) is 0 Å². The van der Waals surface area contributed by atoms with Gasteiger partial charge >= 0.3 is 0 Å². The average Bonchev–Trinajstić information content (AvgIpc) is 2.41. The summed E-state index contributed by atoms with van der Waals surface area (Å²) in [7, 11) is 0. The van der Waals surface area contributed by atoms with E-state index in [0.29, 0.717) is 15.8 Å². The fourth-order valence-electron chi connectivity index (χ4n) is 1.99. The van der Waals surface area contributed by atoms with Crippen molar-refractivity contribution in [3.8, 4) is 5.69 Å². The van der Waals surface area contributed by atoms with E-state index in [9.17, 15) is 4.79 Å². The molecule has 0 aliphatic carbocycles. The molecular formula is C14H11N3OS. The SMILES string of the molecule is Cc1ccc(-n2c(=S)[nH]c3ccccc3c2=O)cn1. The third kappa shape index (κ3) is 1.98. The van der Waals surface area contributed by atoms with E-state index in [1.807, 2.05) is 37.3 Å². The summed E-state index contributed by atoms with van der Waals surface area (Å²) in [6.45, 7) is 1.90. The molecule has 94 valence electrons. The fraction of sp³-hybridized carbons (Fsp3) is 0.0714. The molecule has 1 aromatic carbocycles. The Bertz CT molecular complexity index is 862. The molecule has 0 aliphatic rings. The highest BCUT2D eigenvalue weighted by atomic mass is 32.1. The van der Waals surface area contributed by atoms with Crippen molar-refractivity contribution in [2.24, 2.45) is 0 Å². The molecule has 19 heavy (non-hydrogen) atoms. The number of nitrogens with zero attached hydrogens (tertiary/aromatic N) is 2. The number of para-hydroxylation sites is 1. The van der Waals surface area contributed by atoms with E-state index in [4.69, 9.17) is 12.2 Å². The lowest BCUT2D eigenvalue weighted by atomic mass is 10.2. The molecular weight excluding hydrogens is 258 g/mol. The molecule has 2 heterocycles. The van der Waals surface area contributed by atoms with Gasteiger partial charge in [-0.2, -0.15) is 0 Å². The molecule has 5 heteroatoms. The first kappa shape index (κ1) is 11.8. The molecule has 0 amide bonds. The van der Waals surface area contributed by atoms with E-state index >= 15 is 0 Å². The molecule has 0 fully saturated rings. The van der Waals surface area contributed by atoms with Crippen molar-refractivity contribution in [1.82, 2.24) is 14.5 Å². The summed E-state index contributed by atoms with van der Waals surface area (Å²) >= 11 is 5.26. The Kier molecular flexibility index (Phi) is 2.76. The lowest BCUT2D eigenvalue weighted by Crippen LogP contribution is -2.20. The van der Waals surface area contributed by atoms with E-state index < -0.39 is 0 Å². The summed E-state index contributed by atoms with van der Waals surface area (Å²) < 4.78 is 1.83. The zero-order chi connectivity index (χ0) is 13.4. The van der Waals surface area contributed by atoms with Crippen molar-refractivity contribution in [3.63, 3.8) is 0 Å². The fourth-order valence-corrected chi connectivity index (χ4v) is 2.29. The number of aromatic nitrogens is 3. The van der Waals surface area contributed by atoms with E-state index in [2.05, 4.69) is 9.97 Å². The normalized spacial score (nSPS) is 10.8. The maximum Gasteiger partial charge on any atom is 0.266 e. The Balaban J connectivity index is 2.39. The lowest BCUT2D eigenvalue weighted by molar-refractivity contribution is 0.928. The van der Waals surface area contributed by atoms with Crippen LogP contribution in [0.15, 0.2) is 47.4 Å². The highest BCUT2D eigenvalue weighted by Crippen LogP contribution is 2.10. The van der Waals surface area contributed by atoms with Gasteiger partial charge in [-0.3, -0.25) is 14.3 Å². The van der Waals surface area contributed by atoms with E-state index in [1.54, 1.807) is 12.3 Å². The first-order valence-corrected chi connectivity index (χ1v) is 6.25. The van der Waals surface area contributed by atoms with Crippen LogP contribution in [0.4, 0.5) is 0 Å². The standard InChI is InChI=1S/C14H11N3OS/c1-9-6-7-10(8-15-9)17-13(18)11-4-2-3-5-12(11)16-14(17)19/h2-8H,1H3,(H,16,19). The summed E-state index contributed by atoms with van der Waals surface area (Å²) in [4.78, 5) is 19.7. The Hall–Kier alpha value is -2.27. The largest absolute Gasteiger partial charge is 0.331 e. The topological polar surface area (TPSA) is 50.7 Å². The predicted octanol–water partition coefficient (Wildman–Crippen LogP) is 2.75. The van der Waals surface area contributed by atoms with Crippen molar-refractivity contribution in [2.75, 3.05) is 0 Å². The van der Waals surface area contributed by atoms with Gasteiger partial charge in [0.1, 0.15) is 0 Å². The molecule has 0 aliphatic heterocycles. The van der Waals surface area contributed by atoms with Crippen LogP contribution < -0.4 is 5.56 Å². The van der Waals surface area contributed by atoms with Crippen LogP contribution in [0.25, 0.3) is 16.6 Å². The van der Waals surface area contributed by atoms with E-state index in [-0.39, 0.29) is 5.56 Å². The average molecular weight is 269 g/mol. The van der Waals surface area contributed by atoms with Gasteiger partial charge in [0.05, 0.1) is 22.8 Å². The maximum absolute atomic E-state index is 12.5. The second kappa shape index (κ2) is 4.44. The molecule has 3 aromatic rings. The van der Waals surface area contributed by atoms with Gasteiger partial charge in [0.25, 0.3) is 5.56 Å². The number of rotatable bonds is 1. The van der Waals surface area contributed by atoms with Gasteiger partial charge in [-0.05, 0) is 43.4 Å². The number of fused-ring (bicyclic) bond motifs is 1. The van der Waals surface area contributed by atoms with Gasteiger partial charge in [-0.1, -0.05) is 12.1 Å². The summed E-state index contributed by atoms with van der Waals surface area (Å²) in [5, 5.41) is 0.608. The summed E-state index contributed by atoms with van der Waals surface area (Å²) in [6, 6.07) is 11.0. The zero-order valence-electron chi connectivity index (χ0n) is 10.3. The van der Waals surface area contributed by atoms with Crippen molar-refractivity contribution in [3.05, 3.63) is 63.4 Å². The number of hydrogen-bond acceptors (Lipinski definition) is 3. The summed E-state index contributed by atoms with van der Waals surface area (Å²) in [6.07, 6.45) is 1.65. The number of pyridine rings is 1. The molecule has 0 atom stereocenters. The molecule has 0 bridgehead atoms. The highest BCUT2D eigenvalue weighted by Gasteiger charge is 2.06. The van der Waals surface area contributed by atoms with Gasteiger partial charge in [-0.25, -0.2) is 0 Å². The van der Waals surface area contributed by atoms with Crippen LogP contribution in [0.3, 0.4) is 0 Å². The summed E-state index contributed by atoms with van der Waals surface area (Å²) in [5.41, 5.74) is 2.17. The van der Waals surface area contributed by atoms with Crippen LogP contribution in [0, 0.1) is 11.7 Å². The molecule has 0 saturated heterocycles. The number of aromatic amines is 1. The van der Waals surface area contributed by atoms with Crippen molar-refractivity contribution in [1.29, 1.82) is 0 Å². The van der Waals surface area contributed by atoms with Crippen LogP contribution in [0.5, 0.6) is 0 Å². The molecule has 0 radical (unpaired) electrons. The number of benzene rings is 1. The number of hydrogen-bond donors (Lipinski definition) is 1. The third-order valence-corrected chi connectivity index (χ3v) is 3.24. The minimum absolute atomic E-state index is 0.134. The minimum atomic E-state index is -0.134. The summed E-state index contributed by atoms with van der Waals surface area (Å²) in [5.74, 6) is 0. The Morgan fingerprint density at radius 2 is 2.00 bits per heavy atom. The molecule has 0 saturated carbocycles. The molecule has 0 spiro atoms. The quantitative estimate of drug-likeness (QED) is 0.691. The van der Waals surface area contributed by atoms with Gasteiger partial charge < -0.3 is 4.98 Å². The third-order valence-electron chi connectivity index (χ3n) is 2.96. The van der Waals surface area contributed by atoms with Gasteiger partial charge in [0.15, 0.2) is 4.77 Å². The van der Waals surface area contributed by atoms with Gasteiger partial charge in [0, 0.05) is 5.69 Å². The second-order valence-electron chi connectivity index (χ2n) is 4.27. The molecule has 2 aromatic heterocycles. The first-order chi connectivity index (χ1) is 9.16. The predicted molar refractivity (Wildman–Crippen MR) is 77.3 cm³/mol. The Morgan fingerprint density at radius 3 is 2.74 bits per heavy atom.